The molecule has 5 rings (SSSR count). The van der Waals surface area contributed by atoms with Crippen LogP contribution in [0.2, 0.25) is 0 Å². The van der Waals surface area contributed by atoms with Gasteiger partial charge in [0.05, 0.1) is 16.3 Å². The Morgan fingerprint density at radius 1 is 1.19 bits per heavy atom. The van der Waals surface area contributed by atoms with Crippen LogP contribution in [0.4, 0.5) is 5.82 Å². The predicted octanol–water partition coefficient (Wildman–Crippen LogP) is 4.83. The largest absolute Gasteiger partial charge is 0.376 e. The smallest absolute Gasteiger partial charge is 0.147 e. The van der Waals surface area contributed by atoms with Crippen LogP contribution in [-0.4, -0.2) is 34.2 Å². The summed E-state index contributed by atoms with van der Waals surface area (Å²) in [5, 5.41) is 4.79. The van der Waals surface area contributed by atoms with Gasteiger partial charge < -0.3 is 10.1 Å². The molecule has 6 heteroatoms. The Balaban J connectivity index is 1.64. The van der Waals surface area contributed by atoms with E-state index in [1.807, 2.05) is 0 Å². The van der Waals surface area contributed by atoms with Crippen LogP contribution in [-0.2, 0) is 17.6 Å². The molecular weight excluding hydrogens is 356 g/mol. The lowest BCUT2D eigenvalue weighted by Gasteiger charge is -2.21. The summed E-state index contributed by atoms with van der Waals surface area (Å²) in [4.78, 5) is 15.4. The SMILES string of the molecule is CC(C)c1nc2sc3c(NC[C@@H]4CCCO4)ncnc3c2c2c1CCCC2. The highest BCUT2D eigenvalue weighted by Crippen LogP contribution is 2.41. The first-order chi connectivity index (χ1) is 13.2. The van der Waals surface area contributed by atoms with Gasteiger partial charge in [0.15, 0.2) is 0 Å². The van der Waals surface area contributed by atoms with Gasteiger partial charge in [-0.1, -0.05) is 13.8 Å². The van der Waals surface area contributed by atoms with Crippen LogP contribution in [0.15, 0.2) is 6.33 Å². The van der Waals surface area contributed by atoms with Crippen molar-refractivity contribution in [2.45, 2.75) is 64.4 Å². The normalized spacial score (nSPS) is 19.9. The molecule has 27 heavy (non-hydrogen) atoms. The Labute approximate surface area is 163 Å². The maximum absolute atomic E-state index is 5.75. The minimum absolute atomic E-state index is 0.294. The molecule has 4 heterocycles. The van der Waals surface area contributed by atoms with Crippen LogP contribution in [0.3, 0.4) is 0 Å². The van der Waals surface area contributed by atoms with Crippen LogP contribution in [0.25, 0.3) is 20.4 Å². The van der Waals surface area contributed by atoms with Crippen molar-refractivity contribution in [2.24, 2.45) is 0 Å². The van der Waals surface area contributed by atoms with E-state index in [1.165, 1.54) is 35.0 Å². The molecular formula is C21H26N4OS. The highest BCUT2D eigenvalue weighted by molar-refractivity contribution is 7.26. The maximum Gasteiger partial charge on any atom is 0.147 e. The topological polar surface area (TPSA) is 59.9 Å². The minimum Gasteiger partial charge on any atom is -0.376 e. The number of pyridine rings is 1. The summed E-state index contributed by atoms with van der Waals surface area (Å²) in [7, 11) is 0. The van der Waals surface area contributed by atoms with E-state index in [2.05, 4.69) is 29.1 Å². The fraction of sp³-hybridized carbons (Fsp3) is 0.571. The second kappa shape index (κ2) is 6.99. The summed E-state index contributed by atoms with van der Waals surface area (Å²) >= 11 is 1.74. The van der Waals surface area contributed by atoms with Gasteiger partial charge in [0, 0.05) is 24.2 Å². The summed E-state index contributed by atoms with van der Waals surface area (Å²) < 4.78 is 6.88. The first-order valence-electron chi connectivity index (χ1n) is 10.2. The van der Waals surface area contributed by atoms with Gasteiger partial charge >= 0.3 is 0 Å². The quantitative estimate of drug-likeness (QED) is 0.700. The molecule has 1 atom stereocenters. The summed E-state index contributed by atoms with van der Waals surface area (Å²) in [6, 6.07) is 0. The third kappa shape index (κ3) is 2.99. The highest BCUT2D eigenvalue weighted by atomic mass is 32.1. The van der Waals surface area contributed by atoms with Gasteiger partial charge in [-0.25, -0.2) is 15.0 Å². The van der Waals surface area contributed by atoms with Crippen molar-refractivity contribution in [1.29, 1.82) is 0 Å². The third-order valence-corrected chi connectivity index (χ3v) is 6.90. The van der Waals surface area contributed by atoms with Gasteiger partial charge in [-0.3, -0.25) is 0 Å². The molecule has 0 bridgehead atoms. The number of fused-ring (bicyclic) bond motifs is 5. The van der Waals surface area contributed by atoms with Gasteiger partial charge in [-0.05, 0) is 55.6 Å². The van der Waals surface area contributed by atoms with Crippen molar-refractivity contribution >= 4 is 37.6 Å². The Morgan fingerprint density at radius 2 is 2.04 bits per heavy atom. The third-order valence-electron chi connectivity index (χ3n) is 5.82. The summed E-state index contributed by atoms with van der Waals surface area (Å²) in [5.74, 6) is 1.38. The van der Waals surface area contributed by atoms with E-state index in [0.29, 0.717) is 12.0 Å². The molecule has 142 valence electrons. The lowest BCUT2D eigenvalue weighted by molar-refractivity contribution is 0.120. The van der Waals surface area contributed by atoms with E-state index in [-0.39, 0.29) is 0 Å². The van der Waals surface area contributed by atoms with Gasteiger partial charge in [-0.15, -0.1) is 11.3 Å². The van der Waals surface area contributed by atoms with E-state index >= 15 is 0 Å². The fourth-order valence-corrected chi connectivity index (χ4v) is 5.64. The first kappa shape index (κ1) is 17.3. The number of rotatable bonds is 4. The Hall–Kier alpha value is -1.79. The molecule has 3 aromatic rings. The second-order valence-electron chi connectivity index (χ2n) is 8.01. The Kier molecular flexibility index (Phi) is 4.48. The summed E-state index contributed by atoms with van der Waals surface area (Å²) in [6.45, 7) is 6.20. The van der Waals surface area contributed by atoms with Crippen LogP contribution in [0.5, 0.6) is 0 Å². The number of anilines is 1. The van der Waals surface area contributed by atoms with Crippen molar-refractivity contribution in [3.63, 3.8) is 0 Å². The van der Waals surface area contributed by atoms with Crippen LogP contribution in [0, 0.1) is 0 Å². The molecule has 1 N–H and O–H groups in total. The molecule has 0 amide bonds. The molecule has 0 unspecified atom stereocenters. The van der Waals surface area contributed by atoms with Crippen molar-refractivity contribution in [3.8, 4) is 0 Å². The van der Waals surface area contributed by atoms with E-state index < -0.39 is 0 Å². The van der Waals surface area contributed by atoms with Crippen LogP contribution in [0.1, 0.15) is 62.3 Å². The lowest BCUT2D eigenvalue weighted by Crippen LogP contribution is -2.18. The maximum atomic E-state index is 5.75. The molecule has 1 aliphatic heterocycles. The zero-order chi connectivity index (χ0) is 18.4. The number of aryl methyl sites for hydroxylation is 1. The van der Waals surface area contributed by atoms with Gasteiger partial charge in [-0.2, -0.15) is 0 Å². The Bertz CT molecular complexity index is 991. The molecule has 0 saturated carbocycles. The average molecular weight is 383 g/mol. The van der Waals surface area contributed by atoms with Gasteiger partial charge in [0.25, 0.3) is 0 Å². The van der Waals surface area contributed by atoms with Crippen LogP contribution >= 0.6 is 11.3 Å². The molecule has 5 nitrogen and oxygen atoms in total. The lowest BCUT2D eigenvalue weighted by atomic mass is 9.86. The monoisotopic (exact) mass is 382 g/mol. The highest BCUT2D eigenvalue weighted by Gasteiger charge is 2.24. The van der Waals surface area contributed by atoms with E-state index in [0.717, 1.165) is 59.7 Å². The second-order valence-corrected chi connectivity index (χ2v) is 9.01. The molecule has 0 radical (unpaired) electrons. The Morgan fingerprint density at radius 3 is 2.81 bits per heavy atom. The number of thiophene rings is 1. The molecule has 1 aliphatic carbocycles. The van der Waals surface area contributed by atoms with Crippen molar-refractivity contribution in [2.75, 3.05) is 18.5 Å². The molecule has 3 aromatic heterocycles. The molecule has 1 saturated heterocycles. The number of aromatic nitrogens is 3. The average Bonchev–Trinajstić information content (AvgIpc) is 3.33. The number of hydrogen-bond acceptors (Lipinski definition) is 6. The van der Waals surface area contributed by atoms with Gasteiger partial charge in [0.2, 0.25) is 0 Å². The minimum atomic E-state index is 0.294. The van der Waals surface area contributed by atoms with E-state index in [4.69, 9.17) is 9.72 Å². The van der Waals surface area contributed by atoms with Crippen LogP contribution < -0.4 is 5.32 Å². The van der Waals surface area contributed by atoms with Gasteiger partial charge in [0.1, 0.15) is 17.0 Å². The fourth-order valence-electron chi connectivity index (χ4n) is 4.51. The molecule has 0 aromatic carbocycles. The van der Waals surface area contributed by atoms with Crippen molar-refractivity contribution in [3.05, 3.63) is 23.1 Å². The zero-order valence-corrected chi connectivity index (χ0v) is 16.9. The molecule has 1 fully saturated rings. The van der Waals surface area contributed by atoms with E-state index in [9.17, 15) is 0 Å². The predicted molar refractivity (Wildman–Crippen MR) is 111 cm³/mol. The number of nitrogens with zero attached hydrogens (tertiary/aromatic N) is 3. The molecule has 2 aliphatic rings. The summed E-state index contributed by atoms with van der Waals surface area (Å²) in [6.07, 6.45) is 9.09. The van der Waals surface area contributed by atoms with E-state index in [1.54, 1.807) is 17.7 Å². The standard InChI is InChI=1S/C21H26N4OS/c1-12(2)17-15-8-4-3-7-14(15)16-18-19(27-21(16)25-17)20(24-11-23-18)22-10-13-6-5-9-26-13/h11-13H,3-10H2,1-2H3,(H,22,23,24)/t13-/m0/s1. The first-order valence-corrected chi connectivity index (χ1v) is 11.0. The zero-order valence-electron chi connectivity index (χ0n) is 16.0. The number of nitrogens with one attached hydrogen (secondary N) is 1. The van der Waals surface area contributed by atoms with Crippen molar-refractivity contribution in [1.82, 2.24) is 15.0 Å². The van der Waals surface area contributed by atoms with Crippen molar-refractivity contribution < 1.29 is 4.74 Å². The number of ether oxygens (including phenoxy) is 1. The summed E-state index contributed by atoms with van der Waals surface area (Å²) in [5.41, 5.74) is 5.33. The molecule has 0 spiro atoms. The number of hydrogen-bond donors (Lipinski definition) is 1.